The van der Waals surface area contributed by atoms with Gasteiger partial charge in [-0.15, -0.1) is 0 Å². The first-order valence-electron chi connectivity index (χ1n) is 18.8. The van der Waals surface area contributed by atoms with Gasteiger partial charge in [-0.05, 0) is 30.0 Å². The summed E-state index contributed by atoms with van der Waals surface area (Å²) < 4.78 is 37.2. The zero-order valence-electron chi connectivity index (χ0n) is 30.1. The van der Waals surface area contributed by atoms with E-state index in [2.05, 4.69) is 55.6 Å². The average molecular weight is 678 g/mol. The van der Waals surface area contributed by atoms with E-state index in [0.29, 0.717) is 6.54 Å². The van der Waals surface area contributed by atoms with Gasteiger partial charge in [0.15, 0.2) is 0 Å². The molecule has 5 nitrogen and oxygen atoms in total. The molecule has 266 valence electrons. The van der Waals surface area contributed by atoms with Crippen LogP contribution in [0.15, 0.2) is 91.0 Å². The Morgan fingerprint density at radius 2 is 0.979 bits per heavy atom. The Hall–Kier alpha value is -2.51. The second-order valence-corrected chi connectivity index (χ2v) is 15.2. The van der Waals surface area contributed by atoms with Crippen molar-refractivity contribution in [2.75, 3.05) is 19.4 Å². The molecule has 6 heteroatoms. The number of rotatable bonds is 27. The van der Waals surface area contributed by atoms with Gasteiger partial charge in [0.1, 0.15) is 11.7 Å². The van der Waals surface area contributed by atoms with Crippen LogP contribution in [-0.4, -0.2) is 40.0 Å². The van der Waals surface area contributed by atoms with Crippen LogP contribution in [0.4, 0.5) is 0 Å². The van der Waals surface area contributed by atoms with Gasteiger partial charge in [-0.25, -0.2) is 0 Å². The molecule has 0 radical (unpaired) electrons. The molecule has 0 saturated heterocycles. The highest BCUT2D eigenvalue weighted by Gasteiger charge is 2.38. The van der Waals surface area contributed by atoms with Crippen molar-refractivity contribution in [3.8, 4) is 0 Å². The molecule has 0 aliphatic carbocycles. The molecule has 0 heterocycles. The van der Waals surface area contributed by atoms with Gasteiger partial charge in [-0.3, -0.25) is 4.18 Å². The normalized spacial score (nSPS) is 13.4. The van der Waals surface area contributed by atoms with Crippen molar-refractivity contribution in [1.29, 1.82) is 0 Å². The molecule has 0 aliphatic heterocycles. The highest BCUT2D eigenvalue weighted by molar-refractivity contribution is 7.86. The summed E-state index contributed by atoms with van der Waals surface area (Å²) in [6.45, 7) is 4.92. The SMILES string of the molecule is CCCCCCCCCCCCCCCCCC(C)NCC(COC(c1ccccc1)(c1ccccc1)c1ccccc1)OS(C)(=O)=O. The van der Waals surface area contributed by atoms with Crippen molar-refractivity contribution in [2.24, 2.45) is 0 Å². The third-order valence-electron chi connectivity index (χ3n) is 9.27. The van der Waals surface area contributed by atoms with Gasteiger partial charge >= 0.3 is 0 Å². The molecule has 0 amide bonds. The maximum Gasteiger partial charge on any atom is 0.264 e. The molecule has 0 bridgehead atoms. The van der Waals surface area contributed by atoms with E-state index in [1.807, 2.05) is 54.6 Å². The molecule has 3 aromatic carbocycles. The van der Waals surface area contributed by atoms with Crippen molar-refractivity contribution < 1.29 is 17.3 Å². The lowest BCUT2D eigenvalue weighted by Crippen LogP contribution is -2.42. The van der Waals surface area contributed by atoms with E-state index in [0.717, 1.165) is 29.4 Å². The van der Waals surface area contributed by atoms with Crippen LogP contribution in [0.2, 0.25) is 0 Å². The largest absolute Gasteiger partial charge is 0.358 e. The van der Waals surface area contributed by atoms with Crippen molar-refractivity contribution in [3.05, 3.63) is 108 Å². The Morgan fingerprint density at radius 1 is 0.604 bits per heavy atom. The van der Waals surface area contributed by atoms with Crippen molar-refractivity contribution in [3.63, 3.8) is 0 Å². The van der Waals surface area contributed by atoms with Gasteiger partial charge < -0.3 is 10.1 Å². The number of hydrogen-bond acceptors (Lipinski definition) is 5. The molecule has 0 fully saturated rings. The van der Waals surface area contributed by atoms with Crippen LogP contribution in [0.1, 0.15) is 133 Å². The van der Waals surface area contributed by atoms with Crippen molar-refractivity contribution in [2.45, 2.75) is 134 Å². The molecular weight excluding hydrogens is 615 g/mol. The Balaban J connectivity index is 1.47. The van der Waals surface area contributed by atoms with Gasteiger partial charge in [0.2, 0.25) is 0 Å². The van der Waals surface area contributed by atoms with Crippen LogP contribution in [0.25, 0.3) is 0 Å². The Kier molecular flexibility index (Phi) is 19.1. The number of ether oxygens (including phenoxy) is 1. The van der Waals surface area contributed by atoms with Crippen LogP contribution < -0.4 is 5.32 Å². The third kappa shape index (κ3) is 14.9. The lowest BCUT2D eigenvalue weighted by atomic mass is 9.80. The summed E-state index contributed by atoms with van der Waals surface area (Å²) >= 11 is 0. The monoisotopic (exact) mass is 677 g/mol. The quantitative estimate of drug-likeness (QED) is 0.0494. The summed E-state index contributed by atoms with van der Waals surface area (Å²) in [6, 6.07) is 30.6. The lowest BCUT2D eigenvalue weighted by molar-refractivity contribution is -0.0287. The van der Waals surface area contributed by atoms with Crippen molar-refractivity contribution in [1.82, 2.24) is 5.32 Å². The summed E-state index contributed by atoms with van der Waals surface area (Å²) in [5.74, 6) is 0. The summed E-state index contributed by atoms with van der Waals surface area (Å²) in [7, 11) is -3.70. The fourth-order valence-corrected chi connectivity index (χ4v) is 7.23. The number of unbranched alkanes of at least 4 members (excludes halogenated alkanes) is 14. The molecule has 0 aliphatic rings. The molecule has 2 atom stereocenters. The molecule has 0 aromatic heterocycles. The van der Waals surface area contributed by atoms with Crippen LogP contribution in [0.3, 0.4) is 0 Å². The molecule has 2 unspecified atom stereocenters. The number of benzene rings is 3. The average Bonchev–Trinajstić information content (AvgIpc) is 3.10. The maximum atomic E-state index is 12.3. The topological polar surface area (TPSA) is 64.6 Å². The second-order valence-electron chi connectivity index (χ2n) is 13.6. The zero-order chi connectivity index (χ0) is 34.3. The van der Waals surface area contributed by atoms with Gasteiger partial charge in [-0.1, -0.05) is 194 Å². The molecule has 1 N–H and O–H groups in total. The number of nitrogens with one attached hydrogen (secondary N) is 1. The molecule has 0 spiro atoms. The molecule has 48 heavy (non-hydrogen) atoms. The Morgan fingerprint density at radius 3 is 1.35 bits per heavy atom. The maximum absolute atomic E-state index is 12.3. The summed E-state index contributed by atoms with van der Waals surface area (Å²) in [5, 5.41) is 3.54. The molecule has 3 aromatic rings. The van der Waals surface area contributed by atoms with E-state index < -0.39 is 21.8 Å². The Labute approximate surface area is 293 Å². The predicted molar refractivity (Wildman–Crippen MR) is 202 cm³/mol. The molecule has 3 rings (SSSR count). The highest BCUT2D eigenvalue weighted by atomic mass is 32.2. The first-order chi connectivity index (χ1) is 23.3. The minimum Gasteiger partial charge on any atom is -0.358 e. The fourth-order valence-electron chi connectivity index (χ4n) is 6.61. The summed E-state index contributed by atoms with van der Waals surface area (Å²) in [6.07, 6.45) is 21.8. The minimum absolute atomic E-state index is 0.0877. The minimum atomic E-state index is -3.70. The van der Waals surface area contributed by atoms with Crippen LogP contribution in [-0.2, 0) is 24.6 Å². The molecule has 0 saturated carbocycles. The van der Waals surface area contributed by atoms with Crippen molar-refractivity contribution >= 4 is 10.1 Å². The summed E-state index contributed by atoms with van der Waals surface area (Å²) in [4.78, 5) is 0. The Bertz CT molecular complexity index is 1220. The first-order valence-corrected chi connectivity index (χ1v) is 20.6. The van der Waals surface area contributed by atoms with Gasteiger partial charge in [-0.2, -0.15) is 8.42 Å². The van der Waals surface area contributed by atoms with E-state index in [1.54, 1.807) is 0 Å². The van der Waals surface area contributed by atoms with Gasteiger partial charge in [0.25, 0.3) is 10.1 Å². The van der Waals surface area contributed by atoms with E-state index in [-0.39, 0.29) is 12.6 Å². The standard InChI is InChI=1S/C42H63NO4S/c1-4-5-6-7-8-9-10-11-12-13-14-15-16-17-21-28-37(2)43-35-41(47-48(3,44)45)36-46-42(38-29-22-18-23-30-38,39-31-24-19-25-32-39)40-33-26-20-27-34-40/h18-20,22-27,29-34,37,41,43H,4-17,21,28,35-36H2,1-3H3. The fraction of sp³-hybridized carbons (Fsp3) is 0.571. The van der Waals surface area contributed by atoms with E-state index in [4.69, 9.17) is 8.92 Å². The summed E-state index contributed by atoms with van der Waals surface area (Å²) in [5.41, 5.74) is 1.96. The second kappa shape index (κ2) is 23.0. The van der Waals surface area contributed by atoms with E-state index in [1.165, 1.54) is 96.3 Å². The molecular formula is C42H63NO4S. The van der Waals surface area contributed by atoms with Crippen LogP contribution >= 0.6 is 0 Å². The van der Waals surface area contributed by atoms with Crippen LogP contribution in [0, 0.1) is 0 Å². The third-order valence-corrected chi connectivity index (χ3v) is 9.89. The first kappa shape index (κ1) is 39.9. The predicted octanol–water partition coefficient (Wildman–Crippen LogP) is 10.6. The van der Waals surface area contributed by atoms with E-state index >= 15 is 0 Å². The van der Waals surface area contributed by atoms with Crippen LogP contribution in [0.5, 0.6) is 0 Å². The van der Waals surface area contributed by atoms with Gasteiger partial charge in [0.05, 0.1) is 12.9 Å². The smallest absolute Gasteiger partial charge is 0.264 e. The zero-order valence-corrected chi connectivity index (χ0v) is 30.9. The highest BCUT2D eigenvalue weighted by Crippen LogP contribution is 2.40. The lowest BCUT2D eigenvalue weighted by Gasteiger charge is -2.37. The number of hydrogen-bond donors (Lipinski definition) is 1. The van der Waals surface area contributed by atoms with Gasteiger partial charge in [0, 0.05) is 12.6 Å². The van der Waals surface area contributed by atoms with E-state index in [9.17, 15) is 8.42 Å².